The maximum atomic E-state index is 13.5. The van der Waals surface area contributed by atoms with Crippen LogP contribution in [0.3, 0.4) is 0 Å². The van der Waals surface area contributed by atoms with Crippen molar-refractivity contribution in [2.24, 2.45) is 5.92 Å². The third-order valence-electron chi connectivity index (χ3n) is 7.59. The van der Waals surface area contributed by atoms with E-state index in [1.807, 2.05) is 24.0 Å². The molecule has 4 aromatic rings. The Morgan fingerprint density at radius 3 is 2.72 bits per heavy atom. The number of aromatic nitrogens is 2. The highest BCUT2D eigenvalue weighted by Crippen LogP contribution is 2.40. The normalized spacial score (nSPS) is 17.2. The van der Waals surface area contributed by atoms with Gasteiger partial charge >= 0.3 is 0 Å². The van der Waals surface area contributed by atoms with Gasteiger partial charge in [-0.05, 0) is 62.1 Å². The van der Waals surface area contributed by atoms with Crippen LogP contribution in [0.4, 0.5) is 22.7 Å². The molecule has 1 amide bonds. The minimum absolute atomic E-state index is 0.101. The number of nitro groups is 1. The Bertz CT molecular complexity index is 1800. The maximum absolute atomic E-state index is 13.5. The van der Waals surface area contributed by atoms with Crippen molar-refractivity contribution < 1.29 is 27.6 Å². The fourth-order valence-electron chi connectivity index (χ4n) is 5.37. The second-order valence-corrected chi connectivity index (χ2v) is 12.3. The Labute approximate surface area is 247 Å². The summed E-state index contributed by atoms with van der Waals surface area (Å²) < 4.78 is 40.1. The third-order valence-corrected chi connectivity index (χ3v) is 8.92. The summed E-state index contributed by atoms with van der Waals surface area (Å²) in [5.41, 5.74) is 1.66. The largest absolute Gasteiger partial charge is 0.471 e. The monoisotopic (exact) mass is 606 g/mol. The van der Waals surface area contributed by atoms with Crippen LogP contribution in [0.25, 0.3) is 11.0 Å². The fraction of sp³-hybridized carbons (Fsp3) is 0.310. The van der Waals surface area contributed by atoms with Crippen molar-refractivity contribution in [2.75, 3.05) is 36.5 Å². The van der Waals surface area contributed by atoms with Crippen LogP contribution in [-0.2, 0) is 14.8 Å². The first-order chi connectivity index (χ1) is 20.7. The molecule has 2 aromatic carbocycles. The number of H-pyrrole nitrogens is 1. The van der Waals surface area contributed by atoms with Gasteiger partial charge in [0.05, 0.1) is 27.6 Å². The zero-order valence-corrected chi connectivity index (χ0v) is 24.1. The Kier molecular flexibility index (Phi) is 7.62. The first-order valence-electron chi connectivity index (χ1n) is 13.9. The maximum Gasteiger partial charge on any atom is 0.293 e. The van der Waals surface area contributed by atoms with Gasteiger partial charge in [0.15, 0.2) is 0 Å². The van der Waals surface area contributed by atoms with E-state index in [0.717, 1.165) is 24.3 Å². The molecule has 1 atom stereocenters. The summed E-state index contributed by atoms with van der Waals surface area (Å²) in [5, 5.41) is 15.8. The second kappa shape index (κ2) is 11.5. The number of amides is 1. The minimum Gasteiger partial charge on any atom is -0.471 e. The van der Waals surface area contributed by atoms with E-state index >= 15 is 0 Å². The van der Waals surface area contributed by atoms with Gasteiger partial charge in [-0.1, -0.05) is 12.1 Å². The van der Waals surface area contributed by atoms with E-state index in [4.69, 9.17) is 9.47 Å². The number of nitro benzene ring substituents is 1. The molecule has 14 heteroatoms. The summed E-state index contributed by atoms with van der Waals surface area (Å²) in [7, 11) is -4.46. The lowest BCUT2D eigenvalue weighted by Crippen LogP contribution is -2.37. The number of hydrogen-bond acceptors (Lipinski definition) is 10. The van der Waals surface area contributed by atoms with Crippen molar-refractivity contribution in [3.05, 3.63) is 76.5 Å². The number of sulfonamides is 1. The lowest BCUT2D eigenvalue weighted by molar-refractivity contribution is -0.384. The van der Waals surface area contributed by atoms with Crippen LogP contribution < -0.4 is 19.7 Å². The summed E-state index contributed by atoms with van der Waals surface area (Å²) in [6, 6.07) is 13.9. The van der Waals surface area contributed by atoms with Crippen LogP contribution in [0.15, 0.2) is 65.7 Å². The van der Waals surface area contributed by atoms with Gasteiger partial charge in [0.2, 0.25) is 5.88 Å². The first-order valence-corrected chi connectivity index (χ1v) is 15.4. The molecular formula is C29H30N6O7S. The van der Waals surface area contributed by atoms with Gasteiger partial charge in [-0.3, -0.25) is 14.9 Å². The number of carbonyl (C=O) groups excluding carboxylic acids is 1. The number of ether oxygens (including phenoxy) is 2. The van der Waals surface area contributed by atoms with E-state index in [1.165, 1.54) is 18.2 Å². The molecule has 0 radical (unpaired) electrons. The Morgan fingerprint density at radius 1 is 1.14 bits per heavy atom. The molecule has 6 rings (SSSR count). The minimum atomic E-state index is -4.46. The van der Waals surface area contributed by atoms with E-state index in [1.54, 1.807) is 24.4 Å². The average Bonchev–Trinajstić information content (AvgIpc) is 3.46. The van der Waals surface area contributed by atoms with E-state index < -0.39 is 31.4 Å². The standard InChI is InChI=1S/C29H30N6O7S/c1-18-17-34(26-14-20-8-11-30-27(20)32-29(26)42-18)24-5-3-2-4-22(24)28(36)33-43(39,40)21-6-7-23(25(15-21)35(37)38)31-16-19-9-12-41-13-10-19/h2-8,11,14-15,18-19,31H,9-10,12-13,16-17H2,1H3,(H,30,32)(H,33,36)/t18-/m1/s1. The number of para-hydroxylation sites is 1. The van der Waals surface area contributed by atoms with Crippen LogP contribution in [0.1, 0.15) is 30.1 Å². The quantitative estimate of drug-likeness (QED) is 0.194. The molecule has 1 saturated heterocycles. The average molecular weight is 607 g/mol. The van der Waals surface area contributed by atoms with E-state index in [9.17, 15) is 23.3 Å². The molecular weight excluding hydrogens is 576 g/mol. The number of nitrogens with one attached hydrogen (secondary N) is 3. The van der Waals surface area contributed by atoms with Crippen molar-refractivity contribution in [1.82, 2.24) is 14.7 Å². The van der Waals surface area contributed by atoms with Crippen molar-refractivity contribution in [2.45, 2.75) is 30.8 Å². The van der Waals surface area contributed by atoms with Crippen molar-refractivity contribution in [1.29, 1.82) is 0 Å². The van der Waals surface area contributed by atoms with Crippen molar-refractivity contribution in [3.63, 3.8) is 0 Å². The number of pyridine rings is 1. The molecule has 2 aliphatic heterocycles. The smallest absolute Gasteiger partial charge is 0.293 e. The fourth-order valence-corrected chi connectivity index (χ4v) is 6.35. The van der Waals surface area contributed by atoms with Gasteiger partial charge < -0.3 is 24.7 Å². The predicted octanol–water partition coefficient (Wildman–Crippen LogP) is 4.35. The summed E-state index contributed by atoms with van der Waals surface area (Å²) in [5.74, 6) is -0.201. The van der Waals surface area contributed by atoms with Gasteiger partial charge in [0.1, 0.15) is 23.1 Å². The number of aromatic amines is 1. The van der Waals surface area contributed by atoms with Crippen LogP contribution in [0.5, 0.6) is 5.88 Å². The highest BCUT2D eigenvalue weighted by Gasteiger charge is 2.30. The molecule has 3 N–H and O–H groups in total. The topological polar surface area (TPSA) is 169 Å². The molecule has 4 heterocycles. The molecule has 0 unspecified atom stereocenters. The lowest BCUT2D eigenvalue weighted by atomic mass is 10.0. The number of benzene rings is 2. The SMILES string of the molecule is C[C@@H]1CN(c2ccccc2C(=O)NS(=O)(=O)c2ccc(NCC3CCOCC3)c([N+](=O)[O-])c2)c2cc3cc[nH]c3nc2O1. The van der Waals surface area contributed by atoms with E-state index in [-0.39, 0.29) is 17.4 Å². The predicted molar refractivity (Wildman–Crippen MR) is 159 cm³/mol. The van der Waals surface area contributed by atoms with Gasteiger partial charge in [-0.15, -0.1) is 0 Å². The zero-order valence-electron chi connectivity index (χ0n) is 23.3. The van der Waals surface area contributed by atoms with Gasteiger partial charge in [0.25, 0.3) is 21.6 Å². The summed E-state index contributed by atoms with van der Waals surface area (Å²) in [6.45, 7) is 4.03. The molecule has 43 heavy (non-hydrogen) atoms. The Hall–Kier alpha value is -4.69. The molecule has 1 fully saturated rings. The third kappa shape index (κ3) is 5.83. The highest BCUT2D eigenvalue weighted by molar-refractivity contribution is 7.90. The number of hydrogen-bond donors (Lipinski definition) is 3. The second-order valence-electron chi connectivity index (χ2n) is 10.6. The molecule has 0 spiro atoms. The molecule has 0 aliphatic carbocycles. The lowest BCUT2D eigenvalue weighted by Gasteiger charge is -2.35. The van der Waals surface area contributed by atoms with Gasteiger partial charge in [0, 0.05) is 37.4 Å². The zero-order chi connectivity index (χ0) is 30.1. The number of anilines is 3. The number of carbonyl (C=O) groups is 1. The van der Waals surface area contributed by atoms with Crippen molar-refractivity contribution >= 4 is 49.7 Å². The van der Waals surface area contributed by atoms with E-state index in [2.05, 4.69) is 20.0 Å². The Balaban J connectivity index is 1.26. The van der Waals surface area contributed by atoms with E-state index in [0.29, 0.717) is 55.1 Å². The summed E-state index contributed by atoms with van der Waals surface area (Å²) in [4.78, 5) is 33.8. The number of fused-ring (bicyclic) bond motifs is 2. The number of nitrogens with zero attached hydrogens (tertiary/aromatic N) is 3. The number of rotatable bonds is 8. The molecule has 0 saturated carbocycles. The van der Waals surface area contributed by atoms with Crippen LogP contribution in [-0.4, -0.2) is 61.6 Å². The summed E-state index contributed by atoms with van der Waals surface area (Å²) in [6.07, 6.45) is 3.17. The van der Waals surface area contributed by atoms with Crippen molar-refractivity contribution in [3.8, 4) is 5.88 Å². The molecule has 0 bridgehead atoms. The van der Waals surface area contributed by atoms with Gasteiger partial charge in [-0.25, -0.2) is 13.1 Å². The van der Waals surface area contributed by atoms with Crippen LogP contribution in [0.2, 0.25) is 0 Å². The van der Waals surface area contributed by atoms with Crippen LogP contribution >= 0.6 is 0 Å². The molecule has 2 aliphatic rings. The summed E-state index contributed by atoms with van der Waals surface area (Å²) >= 11 is 0. The highest BCUT2D eigenvalue weighted by atomic mass is 32.2. The Morgan fingerprint density at radius 2 is 1.93 bits per heavy atom. The molecule has 13 nitrogen and oxygen atoms in total. The van der Waals surface area contributed by atoms with Gasteiger partial charge in [-0.2, -0.15) is 4.98 Å². The van der Waals surface area contributed by atoms with Crippen LogP contribution in [0, 0.1) is 16.0 Å². The molecule has 2 aromatic heterocycles. The first kappa shape index (κ1) is 28.4. The molecule has 224 valence electrons.